The van der Waals surface area contributed by atoms with Crippen LogP contribution in [0.4, 0.5) is 0 Å². The van der Waals surface area contributed by atoms with Crippen LogP contribution >= 0.6 is 0 Å². The molecule has 1 unspecified atom stereocenters. The summed E-state index contributed by atoms with van der Waals surface area (Å²) in [7, 11) is 0. The summed E-state index contributed by atoms with van der Waals surface area (Å²) in [5.41, 5.74) is 0. The molecule has 5 nitrogen and oxygen atoms in total. The van der Waals surface area contributed by atoms with E-state index in [1.165, 1.54) is 12.8 Å². The Labute approximate surface area is 133 Å². The molecule has 1 aliphatic carbocycles. The van der Waals surface area contributed by atoms with E-state index in [2.05, 4.69) is 10.2 Å². The fourth-order valence-corrected chi connectivity index (χ4v) is 3.55. The summed E-state index contributed by atoms with van der Waals surface area (Å²) < 4.78 is 0. The maximum atomic E-state index is 12.1. The van der Waals surface area contributed by atoms with Crippen molar-refractivity contribution in [1.29, 1.82) is 0 Å². The molecule has 2 amide bonds. The predicted molar refractivity (Wildman–Crippen MR) is 85.4 cm³/mol. The minimum Gasteiger partial charge on any atom is -0.343 e. The number of likely N-dealkylation sites (tertiary alicyclic amines) is 2. The SMILES string of the molecule is O=C(CCNC1CCC(=O)N(CC2CC2)CC1)N1CCCC1. The molecule has 2 saturated heterocycles. The standard InChI is InChI=1S/C17H29N3O2/c21-16-6-5-15(8-12-20(16)13-14-3-4-14)18-9-7-17(22)19-10-1-2-11-19/h14-15,18H,1-13H2. The van der Waals surface area contributed by atoms with E-state index < -0.39 is 0 Å². The average molecular weight is 307 g/mol. The minimum absolute atomic E-state index is 0.282. The molecule has 3 aliphatic rings. The quantitative estimate of drug-likeness (QED) is 0.806. The molecule has 0 aromatic rings. The van der Waals surface area contributed by atoms with Gasteiger partial charge in [-0.3, -0.25) is 9.59 Å². The number of amides is 2. The van der Waals surface area contributed by atoms with Crippen molar-refractivity contribution in [3.8, 4) is 0 Å². The normalized spacial score (nSPS) is 26.4. The third-order valence-electron chi connectivity index (χ3n) is 5.21. The molecule has 3 rings (SSSR count). The van der Waals surface area contributed by atoms with Crippen LogP contribution in [-0.4, -0.2) is 60.4 Å². The molecule has 0 radical (unpaired) electrons. The van der Waals surface area contributed by atoms with Gasteiger partial charge in [0.1, 0.15) is 0 Å². The van der Waals surface area contributed by atoms with Crippen molar-refractivity contribution in [2.24, 2.45) is 5.92 Å². The second-order valence-electron chi connectivity index (χ2n) is 7.10. The topological polar surface area (TPSA) is 52.7 Å². The molecule has 2 heterocycles. The Morgan fingerprint density at radius 3 is 2.59 bits per heavy atom. The fourth-order valence-electron chi connectivity index (χ4n) is 3.55. The van der Waals surface area contributed by atoms with Gasteiger partial charge < -0.3 is 15.1 Å². The number of hydrogen-bond donors (Lipinski definition) is 1. The summed E-state index contributed by atoms with van der Waals surface area (Å²) >= 11 is 0. The lowest BCUT2D eigenvalue weighted by molar-refractivity contribution is -0.131. The van der Waals surface area contributed by atoms with Gasteiger partial charge in [0.25, 0.3) is 0 Å². The highest BCUT2D eigenvalue weighted by Crippen LogP contribution is 2.30. The Kier molecular flexibility index (Phi) is 5.34. The lowest BCUT2D eigenvalue weighted by Crippen LogP contribution is -2.36. The maximum Gasteiger partial charge on any atom is 0.223 e. The Balaban J connectivity index is 1.35. The summed E-state index contributed by atoms with van der Waals surface area (Å²) in [6.45, 7) is 4.47. The molecular formula is C17H29N3O2. The number of hydrogen-bond acceptors (Lipinski definition) is 3. The van der Waals surface area contributed by atoms with Gasteiger partial charge in [-0.15, -0.1) is 0 Å². The van der Waals surface area contributed by atoms with E-state index in [-0.39, 0.29) is 5.91 Å². The number of nitrogens with zero attached hydrogens (tertiary/aromatic N) is 2. The van der Waals surface area contributed by atoms with Crippen molar-refractivity contribution in [3.63, 3.8) is 0 Å². The van der Waals surface area contributed by atoms with E-state index in [0.717, 1.165) is 64.3 Å². The molecule has 5 heteroatoms. The highest BCUT2D eigenvalue weighted by atomic mass is 16.2. The highest BCUT2D eigenvalue weighted by molar-refractivity contribution is 5.77. The van der Waals surface area contributed by atoms with Crippen LogP contribution in [-0.2, 0) is 9.59 Å². The first-order chi connectivity index (χ1) is 10.7. The van der Waals surface area contributed by atoms with E-state index in [1.54, 1.807) is 0 Å². The Bertz CT molecular complexity index is 403. The second-order valence-corrected chi connectivity index (χ2v) is 7.10. The Hall–Kier alpha value is -1.10. The molecule has 22 heavy (non-hydrogen) atoms. The van der Waals surface area contributed by atoms with Crippen LogP contribution in [0.25, 0.3) is 0 Å². The number of nitrogens with one attached hydrogen (secondary N) is 1. The molecule has 0 aromatic heterocycles. The van der Waals surface area contributed by atoms with Gasteiger partial charge in [0.05, 0.1) is 0 Å². The predicted octanol–water partition coefficient (Wildman–Crippen LogP) is 1.38. The van der Waals surface area contributed by atoms with Gasteiger partial charge in [-0.25, -0.2) is 0 Å². The van der Waals surface area contributed by atoms with Crippen LogP contribution in [0.1, 0.15) is 51.4 Å². The van der Waals surface area contributed by atoms with Gasteiger partial charge in [0.15, 0.2) is 0 Å². The van der Waals surface area contributed by atoms with Gasteiger partial charge in [-0.05, 0) is 44.4 Å². The average Bonchev–Trinajstić information content (AvgIpc) is 3.20. The van der Waals surface area contributed by atoms with Crippen LogP contribution in [0.3, 0.4) is 0 Å². The van der Waals surface area contributed by atoms with Crippen molar-refractivity contribution in [2.75, 3.05) is 32.7 Å². The summed E-state index contributed by atoms with van der Waals surface area (Å²) in [6, 6.07) is 0.388. The fraction of sp³-hybridized carbons (Fsp3) is 0.882. The summed E-state index contributed by atoms with van der Waals surface area (Å²) in [4.78, 5) is 28.2. The minimum atomic E-state index is 0.282. The highest BCUT2D eigenvalue weighted by Gasteiger charge is 2.29. The van der Waals surface area contributed by atoms with E-state index in [9.17, 15) is 9.59 Å². The molecule has 2 aliphatic heterocycles. The van der Waals surface area contributed by atoms with Gasteiger partial charge in [-0.1, -0.05) is 0 Å². The first kappa shape index (κ1) is 15.8. The van der Waals surface area contributed by atoms with Crippen LogP contribution in [0.15, 0.2) is 0 Å². The third kappa shape index (κ3) is 4.45. The zero-order chi connectivity index (χ0) is 15.4. The molecule has 1 atom stereocenters. The molecular weight excluding hydrogens is 278 g/mol. The molecule has 0 bridgehead atoms. The summed E-state index contributed by atoms with van der Waals surface area (Å²) in [5, 5.41) is 3.50. The number of carbonyl (C=O) groups is 2. The smallest absolute Gasteiger partial charge is 0.223 e. The Morgan fingerprint density at radius 1 is 1.09 bits per heavy atom. The zero-order valence-corrected chi connectivity index (χ0v) is 13.6. The van der Waals surface area contributed by atoms with E-state index in [1.807, 2.05) is 4.90 Å². The Morgan fingerprint density at radius 2 is 1.86 bits per heavy atom. The van der Waals surface area contributed by atoms with Crippen molar-refractivity contribution >= 4 is 11.8 Å². The van der Waals surface area contributed by atoms with Gasteiger partial charge in [0, 0.05) is 51.6 Å². The first-order valence-electron chi connectivity index (χ1n) is 9.01. The molecule has 1 N–H and O–H groups in total. The zero-order valence-electron chi connectivity index (χ0n) is 13.6. The van der Waals surface area contributed by atoms with Crippen molar-refractivity contribution in [3.05, 3.63) is 0 Å². The maximum absolute atomic E-state index is 12.1. The lowest BCUT2D eigenvalue weighted by atomic mass is 10.1. The molecule has 3 fully saturated rings. The van der Waals surface area contributed by atoms with Crippen molar-refractivity contribution in [1.82, 2.24) is 15.1 Å². The molecule has 1 saturated carbocycles. The van der Waals surface area contributed by atoms with Crippen LogP contribution in [0.5, 0.6) is 0 Å². The number of carbonyl (C=O) groups excluding carboxylic acids is 2. The molecule has 0 spiro atoms. The van der Waals surface area contributed by atoms with E-state index in [0.29, 0.717) is 24.8 Å². The van der Waals surface area contributed by atoms with Crippen LogP contribution in [0, 0.1) is 5.92 Å². The van der Waals surface area contributed by atoms with Gasteiger partial charge >= 0.3 is 0 Å². The second kappa shape index (κ2) is 7.44. The third-order valence-corrected chi connectivity index (χ3v) is 5.21. The lowest BCUT2D eigenvalue weighted by Gasteiger charge is -2.21. The largest absolute Gasteiger partial charge is 0.343 e. The van der Waals surface area contributed by atoms with Crippen molar-refractivity contribution < 1.29 is 9.59 Å². The monoisotopic (exact) mass is 307 g/mol. The van der Waals surface area contributed by atoms with Crippen LogP contribution < -0.4 is 5.32 Å². The summed E-state index contributed by atoms with van der Waals surface area (Å²) in [6.07, 6.45) is 8.09. The first-order valence-corrected chi connectivity index (χ1v) is 9.01. The van der Waals surface area contributed by atoms with Gasteiger partial charge in [0.2, 0.25) is 11.8 Å². The summed E-state index contributed by atoms with van der Waals surface area (Å²) in [5.74, 6) is 1.38. The van der Waals surface area contributed by atoms with Crippen LogP contribution in [0.2, 0.25) is 0 Å². The van der Waals surface area contributed by atoms with E-state index in [4.69, 9.17) is 0 Å². The van der Waals surface area contributed by atoms with E-state index >= 15 is 0 Å². The van der Waals surface area contributed by atoms with Gasteiger partial charge in [-0.2, -0.15) is 0 Å². The van der Waals surface area contributed by atoms with Crippen molar-refractivity contribution in [2.45, 2.75) is 57.4 Å². The molecule has 124 valence electrons. The molecule has 0 aromatic carbocycles. The number of rotatable bonds is 6.